The van der Waals surface area contributed by atoms with E-state index in [1.165, 1.54) is 6.08 Å². The Kier molecular flexibility index (Phi) is 1.68. The molecule has 0 bridgehead atoms. The molecule has 4 heteroatoms. The van der Waals surface area contributed by atoms with Crippen LogP contribution in [0.2, 0.25) is 0 Å². The van der Waals surface area contributed by atoms with E-state index in [-0.39, 0.29) is 0 Å². The normalized spacial score (nSPS) is 20.0. The Morgan fingerprint density at radius 3 is 2.27 bits per heavy atom. The third kappa shape index (κ3) is 1.58. The SMILES string of the molecule is O=C(O)/C=C/C1(C(=O)[O-])CC1. The Morgan fingerprint density at radius 2 is 2.00 bits per heavy atom. The summed E-state index contributed by atoms with van der Waals surface area (Å²) in [5.41, 5.74) is -0.974. The summed E-state index contributed by atoms with van der Waals surface area (Å²) in [4.78, 5) is 20.3. The second-order valence-electron chi connectivity index (χ2n) is 2.62. The van der Waals surface area contributed by atoms with E-state index in [0.29, 0.717) is 12.8 Å². The molecule has 0 heterocycles. The van der Waals surface area contributed by atoms with Crippen molar-refractivity contribution in [2.24, 2.45) is 5.41 Å². The van der Waals surface area contributed by atoms with Crippen LogP contribution >= 0.6 is 0 Å². The predicted molar refractivity (Wildman–Crippen MR) is 33.4 cm³/mol. The van der Waals surface area contributed by atoms with Crippen LogP contribution in [0.25, 0.3) is 0 Å². The van der Waals surface area contributed by atoms with Crippen molar-refractivity contribution >= 4 is 11.9 Å². The number of rotatable bonds is 3. The summed E-state index contributed by atoms with van der Waals surface area (Å²) in [6, 6.07) is 0. The smallest absolute Gasteiger partial charge is 0.328 e. The summed E-state index contributed by atoms with van der Waals surface area (Å²) in [6.07, 6.45) is 3.01. The van der Waals surface area contributed by atoms with E-state index in [1.807, 2.05) is 0 Å². The first kappa shape index (κ1) is 7.78. The van der Waals surface area contributed by atoms with Gasteiger partial charge < -0.3 is 15.0 Å². The number of carboxylic acid groups (broad SMARTS) is 2. The molecule has 0 unspecified atom stereocenters. The fourth-order valence-electron chi connectivity index (χ4n) is 0.804. The predicted octanol–water partition coefficient (Wildman–Crippen LogP) is -0.843. The van der Waals surface area contributed by atoms with Crippen molar-refractivity contribution in [2.75, 3.05) is 0 Å². The minimum Gasteiger partial charge on any atom is -0.549 e. The van der Waals surface area contributed by atoms with Crippen molar-refractivity contribution < 1.29 is 19.8 Å². The molecule has 1 rings (SSSR count). The number of hydrogen-bond acceptors (Lipinski definition) is 3. The molecule has 0 aromatic rings. The summed E-state index contributed by atoms with van der Waals surface area (Å²) in [5.74, 6) is -2.31. The highest BCUT2D eigenvalue weighted by molar-refractivity contribution is 5.84. The Balaban J connectivity index is 2.61. The molecule has 1 fully saturated rings. The lowest BCUT2D eigenvalue weighted by Gasteiger charge is -2.08. The van der Waals surface area contributed by atoms with Crippen LogP contribution in [0.3, 0.4) is 0 Å². The Morgan fingerprint density at radius 1 is 1.45 bits per heavy atom. The van der Waals surface area contributed by atoms with Gasteiger partial charge in [0, 0.05) is 11.5 Å². The van der Waals surface area contributed by atoms with Gasteiger partial charge in [-0.05, 0) is 12.8 Å². The van der Waals surface area contributed by atoms with Crippen LogP contribution in [0.15, 0.2) is 12.2 Å². The lowest BCUT2D eigenvalue weighted by atomic mass is 10.1. The highest BCUT2D eigenvalue weighted by Crippen LogP contribution is 2.46. The third-order valence-corrected chi connectivity index (χ3v) is 1.74. The summed E-state index contributed by atoms with van der Waals surface area (Å²) in [5, 5.41) is 18.5. The molecular formula is C7H7O4-. The maximum atomic E-state index is 10.3. The van der Waals surface area contributed by atoms with Crippen molar-refractivity contribution in [2.45, 2.75) is 12.8 Å². The van der Waals surface area contributed by atoms with Crippen molar-refractivity contribution in [3.05, 3.63) is 12.2 Å². The summed E-state index contributed by atoms with van der Waals surface area (Å²) < 4.78 is 0. The third-order valence-electron chi connectivity index (χ3n) is 1.74. The highest BCUT2D eigenvalue weighted by atomic mass is 16.4. The minimum atomic E-state index is -1.19. The van der Waals surface area contributed by atoms with Crippen LogP contribution in [-0.2, 0) is 9.59 Å². The number of carbonyl (C=O) groups is 2. The van der Waals surface area contributed by atoms with E-state index < -0.39 is 17.4 Å². The largest absolute Gasteiger partial charge is 0.549 e. The first-order valence-electron chi connectivity index (χ1n) is 3.20. The molecule has 0 saturated heterocycles. The second-order valence-corrected chi connectivity index (χ2v) is 2.62. The molecule has 0 aromatic heterocycles. The fourth-order valence-corrected chi connectivity index (χ4v) is 0.804. The van der Waals surface area contributed by atoms with Crippen molar-refractivity contribution in [3.8, 4) is 0 Å². The molecule has 0 atom stereocenters. The Labute approximate surface area is 63.1 Å². The van der Waals surface area contributed by atoms with Crippen molar-refractivity contribution in [1.82, 2.24) is 0 Å². The quantitative estimate of drug-likeness (QED) is 0.539. The molecule has 1 N–H and O–H groups in total. The van der Waals surface area contributed by atoms with E-state index in [4.69, 9.17) is 5.11 Å². The van der Waals surface area contributed by atoms with Crippen molar-refractivity contribution in [1.29, 1.82) is 0 Å². The highest BCUT2D eigenvalue weighted by Gasteiger charge is 2.41. The van der Waals surface area contributed by atoms with Crippen LogP contribution < -0.4 is 5.11 Å². The zero-order chi connectivity index (χ0) is 8.48. The molecule has 1 aliphatic rings. The molecule has 11 heavy (non-hydrogen) atoms. The number of hydrogen-bond donors (Lipinski definition) is 1. The van der Waals surface area contributed by atoms with Crippen molar-refractivity contribution in [3.63, 3.8) is 0 Å². The van der Waals surface area contributed by atoms with E-state index >= 15 is 0 Å². The summed E-state index contributed by atoms with van der Waals surface area (Å²) >= 11 is 0. The Hall–Kier alpha value is -1.32. The van der Waals surface area contributed by atoms with Gasteiger partial charge in [-0.15, -0.1) is 0 Å². The van der Waals surface area contributed by atoms with Crippen LogP contribution in [0, 0.1) is 5.41 Å². The number of carbonyl (C=O) groups excluding carboxylic acids is 1. The number of aliphatic carboxylic acids is 2. The average Bonchev–Trinajstić information content (AvgIpc) is 2.63. The van der Waals surface area contributed by atoms with Gasteiger partial charge in [-0.2, -0.15) is 0 Å². The zero-order valence-corrected chi connectivity index (χ0v) is 5.74. The second kappa shape index (κ2) is 2.38. The molecule has 4 nitrogen and oxygen atoms in total. The molecule has 0 radical (unpaired) electrons. The van der Waals surface area contributed by atoms with Gasteiger partial charge in [-0.3, -0.25) is 0 Å². The standard InChI is InChI=1S/C7H8O4/c8-5(9)1-2-7(3-4-7)6(10)11/h1-2H,3-4H2,(H,8,9)(H,10,11)/p-1/b2-1+. The lowest BCUT2D eigenvalue weighted by Crippen LogP contribution is -2.31. The van der Waals surface area contributed by atoms with Gasteiger partial charge in [0.25, 0.3) is 0 Å². The molecule has 0 amide bonds. The van der Waals surface area contributed by atoms with Gasteiger partial charge in [0.05, 0.1) is 5.97 Å². The molecule has 0 aliphatic heterocycles. The minimum absolute atomic E-state index is 0.485. The number of carboxylic acids is 2. The zero-order valence-electron chi connectivity index (χ0n) is 5.74. The van der Waals surface area contributed by atoms with E-state index in [0.717, 1.165) is 6.08 Å². The lowest BCUT2D eigenvalue weighted by molar-refractivity contribution is -0.311. The van der Waals surface area contributed by atoms with Crippen LogP contribution in [0.1, 0.15) is 12.8 Å². The van der Waals surface area contributed by atoms with E-state index in [1.54, 1.807) is 0 Å². The molecular weight excluding hydrogens is 148 g/mol. The van der Waals surface area contributed by atoms with Gasteiger partial charge in [0.2, 0.25) is 0 Å². The van der Waals surface area contributed by atoms with Crippen LogP contribution in [0.5, 0.6) is 0 Å². The molecule has 60 valence electrons. The van der Waals surface area contributed by atoms with Crippen LogP contribution in [-0.4, -0.2) is 17.0 Å². The maximum Gasteiger partial charge on any atom is 0.328 e. The molecule has 1 aliphatic carbocycles. The van der Waals surface area contributed by atoms with Gasteiger partial charge in [0.15, 0.2) is 0 Å². The van der Waals surface area contributed by atoms with Gasteiger partial charge in [-0.1, -0.05) is 6.08 Å². The first-order chi connectivity index (χ1) is 5.07. The summed E-state index contributed by atoms with van der Waals surface area (Å²) in [6.45, 7) is 0. The van der Waals surface area contributed by atoms with Gasteiger partial charge in [0.1, 0.15) is 0 Å². The summed E-state index contributed by atoms with van der Waals surface area (Å²) in [7, 11) is 0. The average molecular weight is 155 g/mol. The fraction of sp³-hybridized carbons (Fsp3) is 0.429. The van der Waals surface area contributed by atoms with Gasteiger partial charge >= 0.3 is 5.97 Å². The molecule has 0 spiro atoms. The van der Waals surface area contributed by atoms with E-state index in [9.17, 15) is 14.7 Å². The van der Waals surface area contributed by atoms with Gasteiger partial charge in [-0.25, -0.2) is 4.79 Å². The maximum absolute atomic E-state index is 10.3. The Bertz CT molecular complexity index is 225. The monoisotopic (exact) mass is 155 g/mol. The topological polar surface area (TPSA) is 77.4 Å². The van der Waals surface area contributed by atoms with E-state index in [2.05, 4.69) is 0 Å². The molecule has 0 aromatic carbocycles. The molecule has 1 saturated carbocycles. The first-order valence-corrected chi connectivity index (χ1v) is 3.20. The van der Waals surface area contributed by atoms with Crippen LogP contribution in [0.4, 0.5) is 0 Å².